The summed E-state index contributed by atoms with van der Waals surface area (Å²) in [6, 6.07) is -0.259. The summed E-state index contributed by atoms with van der Waals surface area (Å²) in [6.07, 6.45) is 6.29. The molecule has 1 unspecified atom stereocenters. The fraction of sp³-hybridized carbons (Fsp3) is 0.889. The molecule has 0 amide bonds. The first-order chi connectivity index (χ1) is 7.17. The summed E-state index contributed by atoms with van der Waals surface area (Å²) in [6.45, 7) is 0. The van der Waals surface area contributed by atoms with Crippen LogP contribution in [0.2, 0.25) is 0 Å². The van der Waals surface area contributed by atoms with Crippen LogP contribution in [0.1, 0.15) is 25.7 Å². The molecule has 0 heterocycles. The lowest BCUT2D eigenvalue weighted by molar-refractivity contribution is 0.344. The third-order valence-electron chi connectivity index (χ3n) is 2.53. The van der Waals surface area contributed by atoms with Crippen molar-refractivity contribution in [1.82, 2.24) is 9.44 Å². The maximum Gasteiger partial charge on any atom is 0.209 e. The van der Waals surface area contributed by atoms with Crippen LogP contribution in [0.25, 0.3) is 0 Å². The summed E-state index contributed by atoms with van der Waals surface area (Å²) in [7, 11) is -5.51. The Labute approximate surface area is 98.2 Å². The standard InChI is InChI=1S/C9H20N2O3S2/c1-15(2,12)10-8-6-4-5-7-9(8)11-16(3,13)14/h8-9,11H,1,4-7H2,2-3H3,(H,10,12)/t8-,9-,15?/m1/s1. The Morgan fingerprint density at radius 3 is 1.81 bits per heavy atom. The molecule has 0 aliphatic heterocycles. The van der Waals surface area contributed by atoms with Crippen molar-refractivity contribution in [3.8, 4) is 0 Å². The highest BCUT2D eigenvalue weighted by Crippen LogP contribution is 2.19. The summed E-state index contributed by atoms with van der Waals surface area (Å²) in [5, 5.41) is 0. The van der Waals surface area contributed by atoms with Crippen molar-refractivity contribution >= 4 is 25.6 Å². The van der Waals surface area contributed by atoms with Crippen LogP contribution < -0.4 is 9.44 Å². The van der Waals surface area contributed by atoms with Crippen LogP contribution in [0.3, 0.4) is 0 Å². The van der Waals surface area contributed by atoms with Gasteiger partial charge in [0.2, 0.25) is 10.0 Å². The molecule has 0 saturated heterocycles. The summed E-state index contributed by atoms with van der Waals surface area (Å²) in [5.74, 6) is 3.53. The van der Waals surface area contributed by atoms with Crippen molar-refractivity contribution in [2.45, 2.75) is 37.8 Å². The SMILES string of the molecule is C=S(C)(=O)N[C@@H]1CCCC[C@H]1NS(C)(=O)=O. The number of sulfonamides is 1. The highest BCUT2D eigenvalue weighted by molar-refractivity contribution is 7.97. The van der Waals surface area contributed by atoms with E-state index in [0.717, 1.165) is 31.9 Å². The Morgan fingerprint density at radius 2 is 1.44 bits per heavy atom. The van der Waals surface area contributed by atoms with E-state index in [1.165, 1.54) is 6.26 Å². The molecule has 7 heteroatoms. The van der Waals surface area contributed by atoms with E-state index in [9.17, 15) is 12.6 Å². The minimum Gasteiger partial charge on any atom is -0.253 e. The van der Waals surface area contributed by atoms with Gasteiger partial charge in [0, 0.05) is 28.0 Å². The van der Waals surface area contributed by atoms with Gasteiger partial charge in [-0.1, -0.05) is 12.8 Å². The fourth-order valence-corrected chi connectivity index (χ4v) is 3.76. The van der Waals surface area contributed by atoms with Gasteiger partial charge in [0.25, 0.3) is 0 Å². The van der Waals surface area contributed by atoms with Gasteiger partial charge >= 0.3 is 0 Å². The highest BCUT2D eigenvalue weighted by Gasteiger charge is 2.28. The lowest BCUT2D eigenvalue weighted by atomic mass is 9.92. The quantitative estimate of drug-likeness (QED) is 0.687. The van der Waals surface area contributed by atoms with Crippen LogP contribution in [0.4, 0.5) is 0 Å². The summed E-state index contributed by atoms with van der Waals surface area (Å²) >= 11 is 0. The topological polar surface area (TPSA) is 75.3 Å². The molecule has 96 valence electrons. The molecular weight excluding hydrogens is 248 g/mol. The maximum atomic E-state index is 11.6. The molecule has 0 aromatic carbocycles. The molecule has 1 aliphatic carbocycles. The van der Waals surface area contributed by atoms with Crippen LogP contribution >= 0.6 is 0 Å². The van der Waals surface area contributed by atoms with Gasteiger partial charge in [0.1, 0.15) is 0 Å². The molecule has 16 heavy (non-hydrogen) atoms. The lowest BCUT2D eigenvalue weighted by Gasteiger charge is -2.32. The van der Waals surface area contributed by atoms with E-state index in [1.807, 2.05) is 0 Å². The van der Waals surface area contributed by atoms with Crippen LogP contribution in [0, 0.1) is 0 Å². The van der Waals surface area contributed by atoms with Crippen molar-refractivity contribution < 1.29 is 12.6 Å². The molecule has 0 aromatic heterocycles. The van der Waals surface area contributed by atoms with Crippen molar-refractivity contribution in [2.75, 3.05) is 12.5 Å². The molecular formula is C9H20N2O3S2. The molecule has 0 radical (unpaired) electrons. The van der Waals surface area contributed by atoms with Gasteiger partial charge in [-0.15, -0.1) is 0 Å². The van der Waals surface area contributed by atoms with Crippen molar-refractivity contribution in [1.29, 1.82) is 0 Å². The Balaban J connectivity index is 2.72. The average molecular weight is 268 g/mol. The Kier molecular flexibility index (Phi) is 4.39. The van der Waals surface area contributed by atoms with Gasteiger partial charge in [-0.3, -0.25) is 4.21 Å². The number of hydrogen-bond acceptors (Lipinski definition) is 3. The van der Waals surface area contributed by atoms with Crippen molar-refractivity contribution in [3.63, 3.8) is 0 Å². The first-order valence-electron chi connectivity index (χ1n) is 5.24. The van der Waals surface area contributed by atoms with Crippen molar-refractivity contribution in [2.24, 2.45) is 0 Å². The minimum absolute atomic E-state index is 0.0847. The number of hydrogen-bond donors (Lipinski definition) is 2. The average Bonchev–Trinajstić information content (AvgIpc) is 2.03. The molecule has 0 spiro atoms. The van der Waals surface area contributed by atoms with Crippen molar-refractivity contribution in [3.05, 3.63) is 0 Å². The number of rotatable bonds is 4. The van der Waals surface area contributed by atoms with E-state index in [2.05, 4.69) is 15.3 Å². The second-order valence-corrected chi connectivity index (χ2v) is 8.54. The summed E-state index contributed by atoms with van der Waals surface area (Å²) in [5.41, 5.74) is 0. The maximum absolute atomic E-state index is 11.6. The van der Waals surface area contributed by atoms with Crippen LogP contribution in [0.5, 0.6) is 0 Å². The number of nitrogens with one attached hydrogen (secondary N) is 2. The van der Waals surface area contributed by atoms with Crippen LogP contribution in [0.15, 0.2) is 0 Å². The molecule has 1 fully saturated rings. The van der Waals surface area contributed by atoms with E-state index in [4.69, 9.17) is 0 Å². The zero-order valence-corrected chi connectivity index (χ0v) is 11.4. The smallest absolute Gasteiger partial charge is 0.209 e. The predicted octanol–water partition coefficient (Wildman–Crippen LogP) is -0.302. The largest absolute Gasteiger partial charge is 0.253 e. The molecule has 3 atom stereocenters. The predicted molar refractivity (Wildman–Crippen MR) is 68.3 cm³/mol. The molecule has 1 rings (SSSR count). The second kappa shape index (κ2) is 5.03. The Bertz CT molecular complexity index is 386. The Hall–Kier alpha value is -0.110. The zero-order chi connectivity index (χ0) is 12.4. The van der Waals surface area contributed by atoms with Crippen LogP contribution in [-0.2, 0) is 19.7 Å². The van der Waals surface area contributed by atoms with Gasteiger partial charge in [-0.2, -0.15) is 0 Å². The second-order valence-electron chi connectivity index (χ2n) is 4.51. The van der Waals surface area contributed by atoms with E-state index in [1.54, 1.807) is 0 Å². The lowest BCUT2D eigenvalue weighted by Crippen LogP contribution is -2.52. The minimum atomic E-state index is -3.22. The first-order valence-corrected chi connectivity index (χ1v) is 9.27. The summed E-state index contributed by atoms with van der Waals surface area (Å²) < 4.78 is 39.4. The van der Waals surface area contributed by atoms with E-state index < -0.39 is 19.7 Å². The third-order valence-corrected chi connectivity index (χ3v) is 4.06. The molecule has 2 N–H and O–H groups in total. The van der Waals surface area contributed by atoms with E-state index in [0.29, 0.717) is 0 Å². The normalized spacial score (nSPS) is 30.9. The van der Waals surface area contributed by atoms with Gasteiger partial charge in [-0.25, -0.2) is 17.9 Å². The summed E-state index contributed by atoms with van der Waals surface area (Å²) in [4.78, 5) is 0. The van der Waals surface area contributed by atoms with Gasteiger partial charge in [0.15, 0.2) is 0 Å². The molecule has 5 nitrogen and oxygen atoms in total. The van der Waals surface area contributed by atoms with Gasteiger partial charge < -0.3 is 0 Å². The Morgan fingerprint density at radius 1 is 1.00 bits per heavy atom. The van der Waals surface area contributed by atoms with Crippen LogP contribution in [-0.4, -0.2) is 43.1 Å². The van der Waals surface area contributed by atoms with E-state index >= 15 is 0 Å². The molecule has 1 saturated carbocycles. The third kappa shape index (κ3) is 5.29. The molecule has 0 bridgehead atoms. The van der Waals surface area contributed by atoms with Gasteiger partial charge in [-0.05, 0) is 18.7 Å². The van der Waals surface area contributed by atoms with E-state index in [-0.39, 0.29) is 12.1 Å². The first kappa shape index (κ1) is 14.0. The zero-order valence-electron chi connectivity index (χ0n) is 9.73. The molecule has 1 aliphatic rings. The monoisotopic (exact) mass is 268 g/mol. The van der Waals surface area contributed by atoms with Gasteiger partial charge in [0.05, 0.1) is 6.26 Å². The fourth-order valence-electron chi connectivity index (χ4n) is 2.01. The molecule has 0 aromatic rings. The highest BCUT2D eigenvalue weighted by atomic mass is 32.2.